The van der Waals surface area contributed by atoms with Crippen LogP contribution in [0.4, 0.5) is 0 Å². The Morgan fingerprint density at radius 2 is 2.05 bits per heavy atom. The first-order valence-electron chi connectivity index (χ1n) is 7.91. The Labute approximate surface area is 131 Å². The minimum atomic E-state index is 0.252. The van der Waals surface area contributed by atoms with Gasteiger partial charge in [0.1, 0.15) is 11.3 Å². The van der Waals surface area contributed by atoms with E-state index in [1.807, 2.05) is 12.3 Å². The zero-order chi connectivity index (χ0) is 14.9. The molecular weight excluding hydrogens is 278 g/mol. The molecule has 0 saturated carbocycles. The molecule has 0 aromatic carbocycles. The maximum absolute atomic E-state index is 4.86. The fourth-order valence-electron chi connectivity index (χ4n) is 2.99. The second-order valence-corrected chi connectivity index (χ2v) is 8.50. The maximum Gasteiger partial charge on any atom is 0.159 e. The van der Waals surface area contributed by atoms with Gasteiger partial charge in [0.15, 0.2) is 5.65 Å². The van der Waals surface area contributed by atoms with Gasteiger partial charge in [-0.2, -0.15) is 11.8 Å². The Balaban J connectivity index is 1.94. The highest BCUT2D eigenvalue weighted by atomic mass is 32.2. The Bertz CT molecular complexity index is 606. The summed E-state index contributed by atoms with van der Waals surface area (Å²) < 4.78 is 2.39. The van der Waals surface area contributed by atoms with E-state index in [1.165, 1.54) is 30.2 Å². The highest BCUT2D eigenvalue weighted by molar-refractivity contribution is 7.99. The van der Waals surface area contributed by atoms with E-state index < -0.39 is 0 Å². The summed E-state index contributed by atoms with van der Waals surface area (Å²) in [7, 11) is 0. The molecule has 1 aliphatic rings. The Hall–Kier alpha value is -1.03. The molecule has 1 aliphatic heterocycles. The minimum Gasteiger partial charge on any atom is -0.312 e. The van der Waals surface area contributed by atoms with Crippen molar-refractivity contribution >= 4 is 22.9 Å². The van der Waals surface area contributed by atoms with Gasteiger partial charge < -0.3 is 4.57 Å². The normalized spacial score (nSPS) is 17.5. The van der Waals surface area contributed by atoms with Crippen molar-refractivity contribution in [3.63, 3.8) is 0 Å². The molecule has 1 fully saturated rings. The Kier molecular flexibility index (Phi) is 4.25. The maximum atomic E-state index is 4.86. The fourth-order valence-corrected chi connectivity index (χ4v) is 4.20. The van der Waals surface area contributed by atoms with Crippen molar-refractivity contribution in [2.45, 2.75) is 46.6 Å². The SMILES string of the molecule is CC(C)(C)Cc1nc2cccnc2n1CC1CCSCC1. The Morgan fingerprint density at radius 1 is 1.29 bits per heavy atom. The number of pyridine rings is 1. The number of imidazole rings is 1. The zero-order valence-electron chi connectivity index (χ0n) is 13.3. The molecule has 3 nitrogen and oxygen atoms in total. The number of rotatable bonds is 3. The molecule has 0 bridgehead atoms. The molecule has 4 heteroatoms. The molecule has 0 unspecified atom stereocenters. The lowest BCUT2D eigenvalue weighted by Gasteiger charge is -2.24. The minimum absolute atomic E-state index is 0.252. The predicted molar refractivity (Wildman–Crippen MR) is 90.7 cm³/mol. The van der Waals surface area contributed by atoms with Gasteiger partial charge in [0, 0.05) is 19.2 Å². The van der Waals surface area contributed by atoms with Crippen LogP contribution < -0.4 is 0 Å². The quantitative estimate of drug-likeness (QED) is 0.853. The van der Waals surface area contributed by atoms with Crippen LogP contribution in [0.1, 0.15) is 39.4 Å². The second-order valence-electron chi connectivity index (χ2n) is 7.28. The van der Waals surface area contributed by atoms with Crippen molar-refractivity contribution in [2.24, 2.45) is 11.3 Å². The van der Waals surface area contributed by atoms with E-state index in [1.54, 1.807) is 0 Å². The smallest absolute Gasteiger partial charge is 0.159 e. The lowest BCUT2D eigenvalue weighted by Crippen LogP contribution is -2.20. The molecular formula is C17H25N3S. The van der Waals surface area contributed by atoms with Gasteiger partial charge >= 0.3 is 0 Å². The van der Waals surface area contributed by atoms with Crippen molar-refractivity contribution in [3.8, 4) is 0 Å². The van der Waals surface area contributed by atoms with E-state index in [0.29, 0.717) is 0 Å². The topological polar surface area (TPSA) is 30.7 Å². The highest BCUT2D eigenvalue weighted by Gasteiger charge is 2.22. The van der Waals surface area contributed by atoms with Crippen LogP contribution in [0.2, 0.25) is 0 Å². The predicted octanol–water partition coefficient (Wildman–Crippen LogP) is 4.16. The average molecular weight is 303 g/mol. The molecule has 0 radical (unpaired) electrons. The highest BCUT2D eigenvalue weighted by Crippen LogP contribution is 2.28. The van der Waals surface area contributed by atoms with Crippen LogP contribution in [0.15, 0.2) is 18.3 Å². The average Bonchev–Trinajstić information content (AvgIpc) is 2.76. The summed E-state index contributed by atoms with van der Waals surface area (Å²) in [5.74, 6) is 4.59. The van der Waals surface area contributed by atoms with Crippen LogP contribution in [0, 0.1) is 11.3 Å². The van der Waals surface area contributed by atoms with Crippen molar-refractivity contribution in [1.29, 1.82) is 0 Å². The first kappa shape index (κ1) is 14.9. The van der Waals surface area contributed by atoms with E-state index in [2.05, 4.69) is 48.2 Å². The molecule has 2 aromatic heterocycles. The second kappa shape index (κ2) is 5.99. The van der Waals surface area contributed by atoms with Crippen molar-refractivity contribution < 1.29 is 0 Å². The summed E-state index contributed by atoms with van der Waals surface area (Å²) >= 11 is 2.09. The fraction of sp³-hybridized carbons (Fsp3) is 0.647. The van der Waals surface area contributed by atoms with E-state index >= 15 is 0 Å². The summed E-state index contributed by atoms with van der Waals surface area (Å²) in [5.41, 5.74) is 2.36. The van der Waals surface area contributed by atoms with Crippen LogP contribution in [-0.4, -0.2) is 26.0 Å². The molecule has 0 spiro atoms. The van der Waals surface area contributed by atoms with Gasteiger partial charge in [-0.05, 0) is 47.8 Å². The Morgan fingerprint density at radius 3 is 2.76 bits per heavy atom. The summed E-state index contributed by atoms with van der Waals surface area (Å²) in [6.07, 6.45) is 5.54. The monoisotopic (exact) mass is 303 g/mol. The van der Waals surface area contributed by atoms with Crippen LogP contribution in [0.3, 0.4) is 0 Å². The summed E-state index contributed by atoms with van der Waals surface area (Å²) in [5, 5.41) is 0. The zero-order valence-corrected chi connectivity index (χ0v) is 14.1. The van der Waals surface area contributed by atoms with Crippen LogP contribution in [-0.2, 0) is 13.0 Å². The third-order valence-electron chi connectivity index (χ3n) is 4.05. The molecule has 21 heavy (non-hydrogen) atoms. The van der Waals surface area contributed by atoms with Crippen LogP contribution >= 0.6 is 11.8 Å². The summed E-state index contributed by atoms with van der Waals surface area (Å²) in [6, 6.07) is 4.07. The molecule has 3 rings (SSSR count). The third kappa shape index (κ3) is 3.60. The van der Waals surface area contributed by atoms with E-state index in [0.717, 1.165) is 30.0 Å². The lowest BCUT2D eigenvalue weighted by atomic mass is 9.92. The summed E-state index contributed by atoms with van der Waals surface area (Å²) in [6.45, 7) is 7.92. The van der Waals surface area contributed by atoms with Crippen LogP contribution in [0.25, 0.3) is 11.2 Å². The van der Waals surface area contributed by atoms with Crippen LogP contribution in [0.5, 0.6) is 0 Å². The number of hydrogen-bond acceptors (Lipinski definition) is 3. The number of aromatic nitrogens is 3. The lowest BCUT2D eigenvalue weighted by molar-refractivity contribution is 0.370. The van der Waals surface area contributed by atoms with Gasteiger partial charge in [-0.25, -0.2) is 9.97 Å². The number of fused-ring (bicyclic) bond motifs is 1. The molecule has 1 saturated heterocycles. The van der Waals surface area contributed by atoms with Gasteiger partial charge in [0.2, 0.25) is 0 Å². The van der Waals surface area contributed by atoms with E-state index in [4.69, 9.17) is 4.98 Å². The molecule has 3 heterocycles. The number of nitrogens with zero attached hydrogens (tertiary/aromatic N) is 3. The first-order chi connectivity index (χ1) is 10.0. The first-order valence-corrected chi connectivity index (χ1v) is 9.06. The van der Waals surface area contributed by atoms with Crippen molar-refractivity contribution in [3.05, 3.63) is 24.2 Å². The van der Waals surface area contributed by atoms with Gasteiger partial charge in [-0.15, -0.1) is 0 Å². The number of thioether (sulfide) groups is 1. The standard InChI is InChI=1S/C17H25N3S/c1-17(2,3)11-15-19-14-5-4-8-18-16(14)20(15)12-13-6-9-21-10-7-13/h4-5,8,13H,6-7,9-12H2,1-3H3. The summed E-state index contributed by atoms with van der Waals surface area (Å²) in [4.78, 5) is 9.45. The van der Waals surface area contributed by atoms with E-state index in [-0.39, 0.29) is 5.41 Å². The van der Waals surface area contributed by atoms with Crippen molar-refractivity contribution in [1.82, 2.24) is 14.5 Å². The molecule has 2 aromatic rings. The van der Waals surface area contributed by atoms with Gasteiger partial charge in [-0.1, -0.05) is 20.8 Å². The van der Waals surface area contributed by atoms with Gasteiger partial charge in [-0.3, -0.25) is 0 Å². The molecule has 0 amide bonds. The van der Waals surface area contributed by atoms with Gasteiger partial charge in [0.25, 0.3) is 0 Å². The third-order valence-corrected chi connectivity index (χ3v) is 5.10. The number of hydrogen-bond donors (Lipinski definition) is 0. The molecule has 0 aliphatic carbocycles. The van der Waals surface area contributed by atoms with E-state index in [9.17, 15) is 0 Å². The molecule has 114 valence electrons. The van der Waals surface area contributed by atoms with Gasteiger partial charge in [0.05, 0.1) is 0 Å². The molecule has 0 N–H and O–H groups in total. The largest absolute Gasteiger partial charge is 0.312 e. The van der Waals surface area contributed by atoms with Crippen molar-refractivity contribution in [2.75, 3.05) is 11.5 Å². The molecule has 0 atom stereocenters.